The predicted octanol–water partition coefficient (Wildman–Crippen LogP) is 5.40. The lowest BCUT2D eigenvalue weighted by molar-refractivity contribution is 0.0983. The fourth-order valence-corrected chi connectivity index (χ4v) is 2.52. The van der Waals surface area contributed by atoms with Crippen LogP contribution in [0, 0.1) is 0 Å². The molecular weight excluding hydrogens is 268 g/mol. The molecule has 0 amide bonds. The molecule has 22 heavy (non-hydrogen) atoms. The van der Waals surface area contributed by atoms with Gasteiger partial charge in [0.2, 0.25) is 0 Å². The van der Waals surface area contributed by atoms with Gasteiger partial charge < -0.3 is 0 Å². The number of allylic oxidation sites excluding steroid dienone is 1. The summed E-state index contributed by atoms with van der Waals surface area (Å²) < 4.78 is 0. The summed E-state index contributed by atoms with van der Waals surface area (Å²) in [5.41, 5.74) is 3.35. The smallest absolute Gasteiger partial charge is 0.163 e. The molecule has 2 aromatic carbocycles. The topological polar surface area (TPSA) is 17.1 Å². The Balaban J connectivity index is 1.81. The molecule has 0 bridgehead atoms. The molecule has 2 rings (SSSR count). The second-order valence-electron chi connectivity index (χ2n) is 5.64. The lowest BCUT2D eigenvalue weighted by Crippen LogP contribution is -2.01. The van der Waals surface area contributed by atoms with Crippen LogP contribution in [0.1, 0.15) is 47.2 Å². The van der Waals surface area contributed by atoms with Crippen molar-refractivity contribution in [3.8, 4) is 0 Å². The van der Waals surface area contributed by atoms with Crippen molar-refractivity contribution in [3.63, 3.8) is 0 Å². The molecule has 0 radical (unpaired) electrons. The molecular formula is C21H24O. The molecule has 114 valence electrons. The molecule has 0 aliphatic carbocycles. The number of aryl methyl sites for hydroxylation is 2. The van der Waals surface area contributed by atoms with Gasteiger partial charge in [0.05, 0.1) is 0 Å². The molecule has 2 aromatic rings. The summed E-state index contributed by atoms with van der Waals surface area (Å²) in [4.78, 5) is 12.2. The van der Waals surface area contributed by atoms with E-state index in [1.165, 1.54) is 24.0 Å². The molecule has 0 atom stereocenters. The third kappa shape index (κ3) is 5.33. The largest absolute Gasteiger partial charge is 0.294 e. The van der Waals surface area contributed by atoms with Crippen molar-refractivity contribution in [3.05, 3.63) is 83.9 Å². The van der Waals surface area contributed by atoms with E-state index in [2.05, 4.69) is 30.8 Å². The molecule has 0 heterocycles. The Hall–Kier alpha value is -2.15. The molecule has 1 heteroatoms. The van der Waals surface area contributed by atoms with E-state index in [9.17, 15) is 4.79 Å². The molecule has 0 unspecified atom stereocenters. The molecule has 1 nitrogen and oxygen atoms in total. The van der Waals surface area contributed by atoms with Gasteiger partial charge in [-0.25, -0.2) is 0 Å². The van der Waals surface area contributed by atoms with Crippen LogP contribution in [0.3, 0.4) is 0 Å². The van der Waals surface area contributed by atoms with Crippen LogP contribution >= 0.6 is 0 Å². The van der Waals surface area contributed by atoms with E-state index in [1.807, 2.05) is 36.4 Å². The average molecular weight is 292 g/mol. The first-order valence-electron chi connectivity index (χ1n) is 8.06. The van der Waals surface area contributed by atoms with Crippen LogP contribution in [0.15, 0.2) is 67.3 Å². The number of unbranched alkanes of at least 4 members (excludes halogenated alkanes) is 2. The number of rotatable bonds is 9. The van der Waals surface area contributed by atoms with Crippen LogP contribution in [-0.4, -0.2) is 5.78 Å². The number of benzene rings is 2. The lowest BCUT2D eigenvalue weighted by atomic mass is 10.00. The van der Waals surface area contributed by atoms with Crippen molar-refractivity contribution in [1.29, 1.82) is 0 Å². The van der Waals surface area contributed by atoms with E-state index in [1.54, 1.807) is 0 Å². The zero-order chi connectivity index (χ0) is 15.6. The number of ketones is 1. The monoisotopic (exact) mass is 292 g/mol. The van der Waals surface area contributed by atoms with Crippen LogP contribution in [0.25, 0.3) is 0 Å². The molecule has 0 aromatic heterocycles. The highest BCUT2D eigenvalue weighted by Crippen LogP contribution is 2.12. The fourth-order valence-electron chi connectivity index (χ4n) is 2.52. The zero-order valence-electron chi connectivity index (χ0n) is 13.1. The normalized spacial score (nSPS) is 10.4. The standard InChI is InChI=1S/C21H24O/c1-2-3-4-6-11-19-12-15-20(16-13-19)21(22)17-14-18-9-7-5-8-10-18/h2,5,7-10,12-13,15-16H,1,3-4,6,11,14,17H2. The maximum atomic E-state index is 12.2. The number of carbonyl (C=O) groups is 1. The Morgan fingerprint density at radius 1 is 0.864 bits per heavy atom. The Kier molecular flexibility index (Phi) is 6.63. The SMILES string of the molecule is C=CCCCCc1ccc(C(=O)CCc2ccccc2)cc1. The third-order valence-corrected chi connectivity index (χ3v) is 3.88. The number of hydrogen-bond donors (Lipinski definition) is 0. The summed E-state index contributed by atoms with van der Waals surface area (Å²) in [6, 6.07) is 18.3. The molecule has 0 saturated heterocycles. The quantitative estimate of drug-likeness (QED) is 0.343. The van der Waals surface area contributed by atoms with Gasteiger partial charge in [-0.3, -0.25) is 4.79 Å². The van der Waals surface area contributed by atoms with Crippen molar-refractivity contribution in [2.75, 3.05) is 0 Å². The van der Waals surface area contributed by atoms with E-state index in [0.29, 0.717) is 6.42 Å². The van der Waals surface area contributed by atoms with Gasteiger partial charge >= 0.3 is 0 Å². The van der Waals surface area contributed by atoms with Gasteiger partial charge in [0.1, 0.15) is 0 Å². The summed E-state index contributed by atoms with van der Waals surface area (Å²) in [6.45, 7) is 3.74. The molecule has 0 fully saturated rings. The third-order valence-electron chi connectivity index (χ3n) is 3.88. The van der Waals surface area contributed by atoms with Gasteiger partial charge in [-0.1, -0.05) is 60.7 Å². The first-order chi connectivity index (χ1) is 10.8. The lowest BCUT2D eigenvalue weighted by Gasteiger charge is -2.04. The van der Waals surface area contributed by atoms with Crippen molar-refractivity contribution < 1.29 is 4.79 Å². The minimum Gasteiger partial charge on any atom is -0.294 e. The van der Waals surface area contributed by atoms with Crippen LogP contribution < -0.4 is 0 Å². The number of hydrogen-bond acceptors (Lipinski definition) is 1. The van der Waals surface area contributed by atoms with Crippen LogP contribution in [-0.2, 0) is 12.8 Å². The predicted molar refractivity (Wildman–Crippen MR) is 93.3 cm³/mol. The number of Topliss-reactive ketones (excluding diaryl/α,β-unsaturated/α-hetero) is 1. The maximum Gasteiger partial charge on any atom is 0.163 e. The maximum absolute atomic E-state index is 12.2. The van der Waals surface area contributed by atoms with E-state index >= 15 is 0 Å². The Morgan fingerprint density at radius 3 is 2.23 bits per heavy atom. The molecule has 0 aliphatic rings. The second kappa shape index (κ2) is 8.99. The zero-order valence-corrected chi connectivity index (χ0v) is 13.1. The van der Waals surface area contributed by atoms with Crippen molar-refractivity contribution in [2.24, 2.45) is 0 Å². The highest BCUT2D eigenvalue weighted by molar-refractivity contribution is 5.96. The Labute approximate surface area is 133 Å². The van der Waals surface area contributed by atoms with Crippen LogP contribution in [0.2, 0.25) is 0 Å². The van der Waals surface area contributed by atoms with Gasteiger partial charge in [-0.05, 0) is 43.2 Å². The highest BCUT2D eigenvalue weighted by atomic mass is 16.1. The summed E-state index contributed by atoms with van der Waals surface area (Å²) >= 11 is 0. The summed E-state index contributed by atoms with van der Waals surface area (Å²) in [5, 5.41) is 0. The Morgan fingerprint density at radius 2 is 1.55 bits per heavy atom. The fraction of sp³-hybridized carbons (Fsp3) is 0.286. The molecule has 0 aliphatic heterocycles. The number of carbonyl (C=O) groups excluding carboxylic acids is 1. The minimum absolute atomic E-state index is 0.224. The van der Waals surface area contributed by atoms with Crippen LogP contribution in [0.4, 0.5) is 0 Å². The summed E-state index contributed by atoms with van der Waals surface area (Å²) in [7, 11) is 0. The van der Waals surface area contributed by atoms with E-state index in [0.717, 1.165) is 24.8 Å². The molecule has 0 N–H and O–H groups in total. The van der Waals surface area contributed by atoms with Gasteiger partial charge in [0, 0.05) is 12.0 Å². The van der Waals surface area contributed by atoms with Crippen molar-refractivity contribution in [1.82, 2.24) is 0 Å². The van der Waals surface area contributed by atoms with Gasteiger partial charge in [0.15, 0.2) is 5.78 Å². The first-order valence-corrected chi connectivity index (χ1v) is 8.06. The van der Waals surface area contributed by atoms with Gasteiger partial charge in [-0.15, -0.1) is 6.58 Å². The van der Waals surface area contributed by atoms with Crippen molar-refractivity contribution in [2.45, 2.75) is 38.5 Å². The minimum atomic E-state index is 0.224. The Bertz CT molecular complexity index is 581. The van der Waals surface area contributed by atoms with E-state index in [-0.39, 0.29) is 5.78 Å². The van der Waals surface area contributed by atoms with E-state index in [4.69, 9.17) is 0 Å². The molecule has 0 saturated carbocycles. The second-order valence-corrected chi connectivity index (χ2v) is 5.64. The first kappa shape index (κ1) is 16.2. The van der Waals surface area contributed by atoms with Crippen LogP contribution in [0.5, 0.6) is 0 Å². The average Bonchev–Trinajstić information content (AvgIpc) is 2.58. The van der Waals surface area contributed by atoms with Crippen molar-refractivity contribution >= 4 is 5.78 Å². The van der Waals surface area contributed by atoms with E-state index < -0.39 is 0 Å². The molecule has 0 spiro atoms. The van der Waals surface area contributed by atoms with Gasteiger partial charge in [0.25, 0.3) is 0 Å². The summed E-state index contributed by atoms with van der Waals surface area (Å²) in [5.74, 6) is 0.224. The highest BCUT2D eigenvalue weighted by Gasteiger charge is 2.06. The van der Waals surface area contributed by atoms with Gasteiger partial charge in [-0.2, -0.15) is 0 Å². The summed E-state index contributed by atoms with van der Waals surface area (Å²) in [6.07, 6.45) is 7.86.